The Labute approximate surface area is 111 Å². The Hall–Kier alpha value is -0.900. The Kier molecular flexibility index (Phi) is 5.62. The lowest BCUT2D eigenvalue weighted by Gasteiger charge is -2.17. The van der Waals surface area contributed by atoms with E-state index < -0.39 is 0 Å². The number of nitrogens with one attached hydrogen (secondary N) is 1. The lowest BCUT2D eigenvalue weighted by atomic mass is 10.0. The van der Waals surface area contributed by atoms with E-state index in [1.165, 1.54) is 0 Å². The van der Waals surface area contributed by atoms with E-state index in [9.17, 15) is 4.79 Å². The van der Waals surface area contributed by atoms with Gasteiger partial charge in [0, 0.05) is 12.2 Å². The van der Waals surface area contributed by atoms with Crippen LogP contribution in [0.4, 0.5) is 0 Å². The summed E-state index contributed by atoms with van der Waals surface area (Å²) in [5.74, 6) is 0.559. The molecular formula is C13H19BrN2O. The molecule has 1 rings (SSSR count). The molecule has 17 heavy (non-hydrogen) atoms. The summed E-state index contributed by atoms with van der Waals surface area (Å²) < 4.78 is 0.591. The van der Waals surface area contributed by atoms with Gasteiger partial charge in [0.2, 0.25) is 0 Å². The summed E-state index contributed by atoms with van der Waals surface area (Å²) in [6, 6.07) is 3.71. The lowest BCUT2D eigenvalue weighted by molar-refractivity contribution is 0.0934. The molecule has 0 aliphatic carbocycles. The third-order valence-electron chi connectivity index (χ3n) is 2.83. The maximum Gasteiger partial charge on any atom is 0.254 e. The van der Waals surface area contributed by atoms with Gasteiger partial charge in [-0.25, -0.2) is 4.98 Å². The van der Waals surface area contributed by atoms with Crippen molar-refractivity contribution in [3.05, 3.63) is 28.5 Å². The molecule has 0 spiro atoms. The van der Waals surface area contributed by atoms with Crippen molar-refractivity contribution in [3.63, 3.8) is 0 Å². The molecule has 4 heteroatoms. The number of halogens is 1. The zero-order valence-electron chi connectivity index (χ0n) is 10.5. The molecule has 0 aromatic carbocycles. The van der Waals surface area contributed by atoms with Crippen molar-refractivity contribution in [1.82, 2.24) is 10.3 Å². The van der Waals surface area contributed by atoms with E-state index in [0.29, 0.717) is 16.1 Å². The molecule has 0 aliphatic rings. The third-order valence-corrected chi connectivity index (χ3v) is 3.47. The zero-order chi connectivity index (χ0) is 12.8. The number of carbonyl (C=O) groups excluding carboxylic acids is 1. The summed E-state index contributed by atoms with van der Waals surface area (Å²) in [5, 5.41) is 2.99. The number of hydrogen-bond donors (Lipinski definition) is 1. The molecule has 0 bridgehead atoms. The molecule has 0 saturated carbocycles. The van der Waals surface area contributed by atoms with Crippen LogP contribution in [0.15, 0.2) is 22.9 Å². The molecule has 3 nitrogen and oxygen atoms in total. The summed E-state index contributed by atoms with van der Waals surface area (Å²) in [5.41, 5.74) is 0.587. The largest absolute Gasteiger partial charge is 0.349 e. The minimum absolute atomic E-state index is 0.0687. The van der Waals surface area contributed by atoms with Gasteiger partial charge in [0.05, 0.1) is 5.56 Å². The first-order valence-electron chi connectivity index (χ1n) is 5.96. The predicted molar refractivity (Wildman–Crippen MR) is 72.9 cm³/mol. The fourth-order valence-corrected chi connectivity index (χ4v) is 2.12. The van der Waals surface area contributed by atoms with Crippen LogP contribution in [0.25, 0.3) is 0 Å². The quantitative estimate of drug-likeness (QED) is 0.847. The van der Waals surface area contributed by atoms with Gasteiger partial charge < -0.3 is 5.32 Å². The molecule has 2 atom stereocenters. The van der Waals surface area contributed by atoms with Gasteiger partial charge in [0.1, 0.15) is 4.60 Å². The normalized spacial score (nSPS) is 14.1. The standard InChI is InChI=1S/C13H19BrN2O/c1-4-9(2)8-10(3)16-13(17)11-6-5-7-15-12(11)14/h5-7,9-10H,4,8H2,1-3H3,(H,16,17). The molecule has 2 unspecified atom stereocenters. The van der Waals surface area contributed by atoms with Crippen LogP contribution in [-0.4, -0.2) is 16.9 Å². The monoisotopic (exact) mass is 298 g/mol. The second kappa shape index (κ2) is 6.74. The maximum absolute atomic E-state index is 12.0. The average Bonchev–Trinajstić information content (AvgIpc) is 2.29. The number of carbonyl (C=O) groups is 1. The minimum atomic E-state index is -0.0687. The third kappa shape index (κ3) is 4.46. The molecule has 0 fully saturated rings. The molecule has 0 saturated heterocycles. The molecular weight excluding hydrogens is 280 g/mol. The van der Waals surface area contributed by atoms with E-state index >= 15 is 0 Å². The summed E-state index contributed by atoms with van der Waals surface area (Å²) in [7, 11) is 0. The van der Waals surface area contributed by atoms with Gasteiger partial charge >= 0.3 is 0 Å². The fraction of sp³-hybridized carbons (Fsp3) is 0.538. The van der Waals surface area contributed by atoms with Crippen molar-refractivity contribution >= 4 is 21.8 Å². The average molecular weight is 299 g/mol. The number of rotatable bonds is 5. The van der Waals surface area contributed by atoms with Gasteiger partial charge in [-0.3, -0.25) is 4.79 Å². The molecule has 1 aromatic rings. The first kappa shape index (κ1) is 14.2. The van der Waals surface area contributed by atoms with E-state index in [1.807, 2.05) is 6.92 Å². The number of hydrogen-bond acceptors (Lipinski definition) is 2. The summed E-state index contributed by atoms with van der Waals surface area (Å²) in [4.78, 5) is 16.0. The molecule has 0 radical (unpaired) electrons. The smallest absolute Gasteiger partial charge is 0.254 e. The SMILES string of the molecule is CCC(C)CC(C)NC(=O)c1cccnc1Br. The number of nitrogens with zero attached hydrogens (tertiary/aromatic N) is 1. The van der Waals surface area contributed by atoms with E-state index in [0.717, 1.165) is 12.8 Å². The van der Waals surface area contributed by atoms with Crippen molar-refractivity contribution in [2.24, 2.45) is 5.92 Å². The van der Waals surface area contributed by atoms with Crippen LogP contribution in [0.2, 0.25) is 0 Å². The van der Waals surface area contributed by atoms with Crippen LogP contribution in [0, 0.1) is 5.92 Å². The second-order valence-corrected chi connectivity index (χ2v) is 5.22. The number of pyridine rings is 1. The fourth-order valence-electron chi connectivity index (χ4n) is 1.69. The van der Waals surface area contributed by atoms with Crippen molar-refractivity contribution < 1.29 is 4.79 Å². The van der Waals surface area contributed by atoms with E-state index in [2.05, 4.69) is 40.1 Å². The van der Waals surface area contributed by atoms with E-state index in [1.54, 1.807) is 18.3 Å². The van der Waals surface area contributed by atoms with Crippen molar-refractivity contribution in [1.29, 1.82) is 0 Å². The van der Waals surface area contributed by atoms with Gasteiger partial charge in [0.25, 0.3) is 5.91 Å². The Morgan fingerprint density at radius 1 is 1.53 bits per heavy atom. The van der Waals surface area contributed by atoms with Gasteiger partial charge in [-0.1, -0.05) is 20.3 Å². The summed E-state index contributed by atoms with van der Waals surface area (Å²) >= 11 is 3.28. The van der Waals surface area contributed by atoms with Crippen molar-refractivity contribution in [3.8, 4) is 0 Å². The highest BCUT2D eigenvalue weighted by atomic mass is 79.9. The topological polar surface area (TPSA) is 42.0 Å². The Morgan fingerprint density at radius 2 is 2.24 bits per heavy atom. The highest BCUT2D eigenvalue weighted by molar-refractivity contribution is 9.10. The maximum atomic E-state index is 12.0. The molecule has 1 aromatic heterocycles. The van der Waals surface area contributed by atoms with Crippen molar-refractivity contribution in [2.75, 3.05) is 0 Å². The Bertz CT molecular complexity index is 381. The molecule has 1 N–H and O–H groups in total. The first-order chi connectivity index (χ1) is 8.04. The molecule has 0 aliphatic heterocycles. The van der Waals surface area contributed by atoms with Crippen LogP contribution < -0.4 is 5.32 Å². The highest BCUT2D eigenvalue weighted by Gasteiger charge is 2.14. The van der Waals surface area contributed by atoms with E-state index in [4.69, 9.17) is 0 Å². The van der Waals surface area contributed by atoms with Gasteiger partial charge in [-0.05, 0) is 47.3 Å². The lowest BCUT2D eigenvalue weighted by Crippen LogP contribution is -2.34. The highest BCUT2D eigenvalue weighted by Crippen LogP contribution is 2.14. The minimum Gasteiger partial charge on any atom is -0.349 e. The first-order valence-corrected chi connectivity index (χ1v) is 6.75. The van der Waals surface area contributed by atoms with Gasteiger partial charge in [-0.2, -0.15) is 0 Å². The van der Waals surface area contributed by atoms with Crippen molar-refractivity contribution in [2.45, 2.75) is 39.7 Å². The van der Waals surface area contributed by atoms with Gasteiger partial charge in [-0.15, -0.1) is 0 Å². The zero-order valence-corrected chi connectivity index (χ0v) is 12.1. The van der Waals surface area contributed by atoms with Crippen LogP contribution in [0.1, 0.15) is 44.0 Å². The van der Waals surface area contributed by atoms with E-state index in [-0.39, 0.29) is 11.9 Å². The number of aromatic nitrogens is 1. The van der Waals surface area contributed by atoms with Crippen LogP contribution in [-0.2, 0) is 0 Å². The Morgan fingerprint density at radius 3 is 2.82 bits per heavy atom. The van der Waals surface area contributed by atoms with Gasteiger partial charge in [0.15, 0.2) is 0 Å². The summed E-state index contributed by atoms with van der Waals surface area (Å²) in [6.45, 7) is 6.40. The Balaban J connectivity index is 2.58. The number of amides is 1. The second-order valence-electron chi connectivity index (χ2n) is 4.47. The van der Waals surface area contributed by atoms with Crippen LogP contribution >= 0.6 is 15.9 Å². The van der Waals surface area contributed by atoms with Crippen LogP contribution in [0.3, 0.4) is 0 Å². The molecule has 1 heterocycles. The molecule has 94 valence electrons. The van der Waals surface area contributed by atoms with Crippen LogP contribution in [0.5, 0.6) is 0 Å². The predicted octanol–water partition coefficient (Wildman–Crippen LogP) is 3.40. The molecule has 1 amide bonds. The summed E-state index contributed by atoms with van der Waals surface area (Å²) in [6.07, 6.45) is 3.79.